The molecule has 0 radical (unpaired) electrons. The Hall–Kier alpha value is -4.84. The van der Waals surface area contributed by atoms with Crippen LogP contribution in [0.4, 0.5) is 0 Å². The molecule has 6 heteroatoms. The Kier molecular flexibility index (Phi) is 8.49. The average Bonchev–Trinajstić information content (AvgIpc) is 3.33. The van der Waals surface area contributed by atoms with Crippen molar-refractivity contribution in [1.82, 2.24) is 0 Å². The summed E-state index contributed by atoms with van der Waals surface area (Å²) in [5, 5.41) is 0. The highest BCUT2D eigenvalue weighted by molar-refractivity contribution is 5.86. The first-order chi connectivity index (χ1) is 20.1. The van der Waals surface area contributed by atoms with Gasteiger partial charge in [-0.15, -0.1) is 0 Å². The highest BCUT2D eigenvalue weighted by Crippen LogP contribution is 2.56. The molecule has 0 fully saturated rings. The minimum absolute atomic E-state index is 0.146. The van der Waals surface area contributed by atoms with Crippen LogP contribution in [-0.2, 0) is 24.5 Å². The number of carbonyl (C=O) groups excluding carboxylic acids is 2. The number of fused-ring (bicyclic) bond motifs is 3. The summed E-state index contributed by atoms with van der Waals surface area (Å²) in [5.41, 5.74) is 6.44. The fourth-order valence-corrected chi connectivity index (χ4v) is 5.40. The highest BCUT2D eigenvalue weighted by atomic mass is 16.6. The quantitative estimate of drug-likeness (QED) is 0.101. The molecule has 41 heavy (non-hydrogen) atoms. The standard InChI is InChI=1S/C35H32O6/c1-3-33(36)40-23-21-38-27-17-13-25(14-18-27)35(26-15-19-28(20-16-26)39-22-24-41-34(37)4-2)31-11-7-5-9-29(31)30-10-6-8-12-32(30)35/h3,5-20H,1,4,21-24H2,2H3. The number of carbonyl (C=O) groups is 2. The molecule has 0 heterocycles. The SMILES string of the molecule is C=CC(=O)OCCOc1ccc(C2(c3ccc(OCCOC(=O)CC)cc3)c3ccccc3-c3ccccc32)cc1. The molecule has 6 nitrogen and oxygen atoms in total. The average molecular weight is 549 g/mol. The minimum Gasteiger partial charge on any atom is -0.490 e. The van der Waals surface area contributed by atoms with Crippen LogP contribution in [0.25, 0.3) is 11.1 Å². The Morgan fingerprint density at radius 2 is 1.12 bits per heavy atom. The first-order valence-corrected chi connectivity index (χ1v) is 13.7. The third-order valence-electron chi connectivity index (χ3n) is 7.19. The van der Waals surface area contributed by atoms with Crippen molar-refractivity contribution in [3.63, 3.8) is 0 Å². The van der Waals surface area contributed by atoms with Gasteiger partial charge in [-0.1, -0.05) is 86.3 Å². The molecule has 0 aromatic heterocycles. The van der Waals surface area contributed by atoms with E-state index in [1.54, 1.807) is 6.92 Å². The zero-order chi connectivity index (χ0) is 28.7. The number of rotatable bonds is 12. The molecular formula is C35H32O6. The van der Waals surface area contributed by atoms with Crippen molar-refractivity contribution >= 4 is 11.9 Å². The van der Waals surface area contributed by atoms with Crippen LogP contribution in [-0.4, -0.2) is 38.4 Å². The van der Waals surface area contributed by atoms with Crippen LogP contribution in [0.15, 0.2) is 110 Å². The molecule has 0 atom stereocenters. The predicted octanol–water partition coefficient (Wildman–Crippen LogP) is 6.49. The first-order valence-electron chi connectivity index (χ1n) is 13.7. The van der Waals surface area contributed by atoms with Crippen molar-refractivity contribution < 1.29 is 28.5 Å². The molecule has 0 spiro atoms. The van der Waals surface area contributed by atoms with Crippen LogP contribution >= 0.6 is 0 Å². The zero-order valence-corrected chi connectivity index (χ0v) is 23.0. The molecule has 0 unspecified atom stereocenters. The maximum atomic E-state index is 11.4. The molecule has 1 aliphatic rings. The molecule has 208 valence electrons. The molecule has 0 aliphatic heterocycles. The summed E-state index contributed by atoms with van der Waals surface area (Å²) in [4.78, 5) is 22.7. The third-order valence-corrected chi connectivity index (χ3v) is 7.19. The summed E-state index contributed by atoms with van der Waals surface area (Å²) >= 11 is 0. The van der Waals surface area contributed by atoms with Crippen LogP contribution in [0.5, 0.6) is 11.5 Å². The van der Waals surface area contributed by atoms with Crippen molar-refractivity contribution in [2.45, 2.75) is 18.8 Å². The van der Waals surface area contributed by atoms with Gasteiger partial charge < -0.3 is 18.9 Å². The number of hydrogen-bond acceptors (Lipinski definition) is 6. The molecule has 5 rings (SSSR count). The summed E-state index contributed by atoms with van der Waals surface area (Å²) in [6.45, 7) is 6.06. The molecule has 4 aromatic carbocycles. The second-order valence-corrected chi connectivity index (χ2v) is 9.53. The number of benzene rings is 4. The molecule has 4 aromatic rings. The number of hydrogen-bond donors (Lipinski definition) is 0. The Morgan fingerprint density at radius 1 is 0.659 bits per heavy atom. The van der Waals surface area contributed by atoms with Gasteiger partial charge in [-0.05, 0) is 57.6 Å². The van der Waals surface area contributed by atoms with Gasteiger partial charge in [0.25, 0.3) is 0 Å². The van der Waals surface area contributed by atoms with E-state index in [9.17, 15) is 9.59 Å². The van der Waals surface area contributed by atoms with E-state index in [1.807, 2.05) is 24.3 Å². The maximum absolute atomic E-state index is 11.4. The lowest BCUT2D eigenvalue weighted by Crippen LogP contribution is -2.28. The van der Waals surface area contributed by atoms with E-state index in [2.05, 4.69) is 79.4 Å². The largest absolute Gasteiger partial charge is 0.490 e. The van der Waals surface area contributed by atoms with Gasteiger partial charge in [0, 0.05) is 12.5 Å². The van der Waals surface area contributed by atoms with Crippen LogP contribution in [0.1, 0.15) is 35.6 Å². The fourth-order valence-electron chi connectivity index (χ4n) is 5.40. The van der Waals surface area contributed by atoms with Gasteiger partial charge in [0.15, 0.2) is 0 Å². The van der Waals surface area contributed by atoms with E-state index in [0.29, 0.717) is 17.9 Å². The summed E-state index contributed by atoms with van der Waals surface area (Å²) in [6, 6.07) is 33.3. The van der Waals surface area contributed by atoms with Crippen molar-refractivity contribution in [3.8, 4) is 22.6 Å². The Morgan fingerprint density at radius 3 is 1.59 bits per heavy atom. The van der Waals surface area contributed by atoms with Crippen LogP contribution in [0.3, 0.4) is 0 Å². The summed E-state index contributed by atoms with van der Waals surface area (Å²) in [7, 11) is 0. The van der Waals surface area contributed by atoms with Crippen LogP contribution in [0, 0.1) is 0 Å². The Labute approximate surface area is 240 Å². The smallest absolute Gasteiger partial charge is 0.330 e. The van der Waals surface area contributed by atoms with Crippen LogP contribution < -0.4 is 9.47 Å². The molecular weight excluding hydrogens is 516 g/mol. The van der Waals surface area contributed by atoms with E-state index < -0.39 is 11.4 Å². The van der Waals surface area contributed by atoms with E-state index in [4.69, 9.17) is 18.9 Å². The summed E-state index contributed by atoms with van der Waals surface area (Å²) < 4.78 is 21.8. The predicted molar refractivity (Wildman–Crippen MR) is 157 cm³/mol. The lowest BCUT2D eigenvalue weighted by molar-refractivity contribution is -0.144. The number of esters is 2. The zero-order valence-electron chi connectivity index (χ0n) is 23.0. The molecule has 0 saturated carbocycles. The Balaban J connectivity index is 1.48. The van der Waals surface area contributed by atoms with E-state index >= 15 is 0 Å². The molecule has 0 saturated heterocycles. The second kappa shape index (κ2) is 12.6. The lowest BCUT2D eigenvalue weighted by atomic mass is 9.68. The molecule has 0 N–H and O–H groups in total. The van der Waals surface area contributed by atoms with Gasteiger partial charge in [0.1, 0.15) is 37.9 Å². The van der Waals surface area contributed by atoms with Crippen molar-refractivity contribution in [2.24, 2.45) is 0 Å². The highest BCUT2D eigenvalue weighted by Gasteiger charge is 2.45. The maximum Gasteiger partial charge on any atom is 0.330 e. The monoisotopic (exact) mass is 548 g/mol. The van der Waals surface area contributed by atoms with Gasteiger partial charge >= 0.3 is 11.9 Å². The Bertz CT molecular complexity index is 1480. The van der Waals surface area contributed by atoms with Gasteiger partial charge in [0.05, 0.1) is 5.41 Å². The minimum atomic E-state index is -0.555. The summed E-state index contributed by atoms with van der Waals surface area (Å²) in [5.74, 6) is 0.681. The van der Waals surface area contributed by atoms with Gasteiger partial charge in [0.2, 0.25) is 0 Å². The van der Waals surface area contributed by atoms with Crippen molar-refractivity contribution in [1.29, 1.82) is 0 Å². The van der Waals surface area contributed by atoms with Crippen molar-refractivity contribution in [2.75, 3.05) is 26.4 Å². The van der Waals surface area contributed by atoms with Gasteiger partial charge in [-0.25, -0.2) is 4.79 Å². The normalized spacial score (nSPS) is 12.5. The van der Waals surface area contributed by atoms with E-state index in [1.165, 1.54) is 22.3 Å². The van der Waals surface area contributed by atoms with Gasteiger partial charge in [-0.3, -0.25) is 4.79 Å². The molecule has 1 aliphatic carbocycles. The van der Waals surface area contributed by atoms with Crippen LogP contribution in [0.2, 0.25) is 0 Å². The topological polar surface area (TPSA) is 71.1 Å². The second-order valence-electron chi connectivity index (χ2n) is 9.53. The fraction of sp³-hybridized carbons (Fsp3) is 0.200. The summed E-state index contributed by atoms with van der Waals surface area (Å²) in [6.07, 6.45) is 1.48. The van der Waals surface area contributed by atoms with E-state index in [0.717, 1.165) is 17.2 Å². The first kappa shape index (κ1) is 27.7. The lowest BCUT2D eigenvalue weighted by Gasteiger charge is -2.34. The number of ether oxygens (including phenoxy) is 4. The molecule has 0 bridgehead atoms. The van der Waals surface area contributed by atoms with Gasteiger partial charge in [-0.2, -0.15) is 0 Å². The third kappa shape index (κ3) is 5.59. The molecule has 0 amide bonds. The van der Waals surface area contributed by atoms with Crippen molar-refractivity contribution in [3.05, 3.63) is 132 Å². The van der Waals surface area contributed by atoms with E-state index in [-0.39, 0.29) is 32.4 Å².